The summed E-state index contributed by atoms with van der Waals surface area (Å²) in [5.41, 5.74) is -1.00. The average molecular weight is 255 g/mol. The van der Waals surface area contributed by atoms with E-state index in [0.29, 0.717) is 26.1 Å². The van der Waals surface area contributed by atoms with Crippen molar-refractivity contribution >= 4 is 11.8 Å². The molecule has 1 saturated heterocycles. The number of carbonyl (C=O) groups excluding carboxylic acids is 2. The molecule has 2 amide bonds. The molecule has 0 spiro atoms. The second kappa shape index (κ2) is 6.33. The first-order valence-electron chi connectivity index (χ1n) is 5.69. The highest BCUT2D eigenvalue weighted by atomic mass is 16.5. The number of nitrogens with zero attached hydrogens (tertiary/aromatic N) is 2. The molecule has 0 aliphatic carbocycles. The molecule has 1 aliphatic heterocycles. The SMILES string of the molecule is CN(CC1(O)CCOCC1)C(=O)C(=O)NCC#N. The van der Waals surface area contributed by atoms with Gasteiger partial charge < -0.3 is 20.1 Å². The van der Waals surface area contributed by atoms with Crippen molar-refractivity contribution in [3.05, 3.63) is 0 Å². The molecule has 1 heterocycles. The minimum absolute atomic E-state index is 0.0785. The van der Waals surface area contributed by atoms with Gasteiger partial charge in [0.15, 0.2) is 0 Å². The zero-order valence-corrected chi connectivity index (χ0v) is 10.3. The molecule has 7 heteroatoms. The van der Waals surface area contributed by atoms with Crippen LogP contribution in [0.3, 0.4) is 0 Å². The van der Waals surface area contributed by atoms with Crippen molar-refractivity contribution in [2.75, 3.05) is 33.4 Å². The largest absolute Gasteiger partial charge is 0.388 e. The smallest absolute Gasteiger partial charge is 0.311 e. The lowest BCUT2D eigenvalue weighted by atomic mass is 9.94. The predicted molar refractivity (Wildman–Crippen MR) is 61.3 cm³/mol. The van der Waals surface area contributed by atoms with Crippen molar-refractivity contribution in [2.24, 2.45) is 0 Å². The third kappa shape index (κ3) is 3.98. The van der Waals surface area contributed by atoms with Gasteiger partial charge in [-0.25, -0.2) is 0 Å². The summed E-state index contributed by atoms with van der Waals surface area (Å²) in [6, 6.07) is 1.71. The van der Waals surface area contributed by atoms with Gasteiger partial charge >= 0.3 is 11.8 Å². The van der Waals surface area contributed by atoms with Crippen LogP contribution in [0.4, 0.5) is 0 Å². The van der Waals surface area contributed by atoms with Gasteiger partial charge in [-0.1, -0.05) is 0 Å². The van der Waals surface area contributed by atoms with E-state index in [2.05, 4.69) is 5.32 Å². The minimum Gasteiger partial charge on any atom is -0.388 e. The van der Waals surface area contributed by atoms with E-state index in [1.165, 1.54) is 7.05 Å². The van der Waals surface area contributed by atoms with Gasteiger partial charge in [0.1, 0.15) is 6.54 Å². The third-order valence-electron chi connectivity index (χ3n) is 2.82. The van der Waals surface area contributed by atoms with Gasteiger partial charge in [0, 0.05) is 39.6 Å². The molecule has 1 fully saturated rings. The average Bonchev–Trinajstić information content (AvgIpc) is 2.35. The first-order valence-corrected chi connectivity index (χ1v) is 5.69. The van der Waals surface area contributed by atoms with Gasteiger partial charge in [-0.3, -0.25) is 9.59 Å². The lowest BCUT2D eigenvalue weighted by Gasteiger charge is -2.35. The van der Waals surface area contributed by atoms with Gasteiger partial charge in [-0.15, -0.1) is 0 Å². The Balaban J connectivity index is 2.48. The normalized spacial score (nSPS) is 17.6. The molecule has 0 aromatic carbocycles. The van der Waals surface area contributed by atoms with Crippen molar-refractivity contribution in [3.63, 3.8) is 0 Å². The van der Waals surface area contributed by atoms with Gasteiger partial charge in [-0.05, 0) is 0 Å². The minimum atomic E-state index is -1.00. The summed E-state index contributed by atoms with van der Waals surface area (Å²) in [4.78, 5) is 24.1. The number of carbonyl (C=O) groups is 2. The molecule has 100 valence electrons. The van der Waals surface area contributed by atoms with Crippen molar-refractivity contribution in [3.8, 4) is 6.07 Å². The molecular formula is C11H17N3O4. The van der Waals surface area contributed by atoms with E-state index in [-0.39, 0.29) is 13.1 Å². The fourth-order valence-corrected chi connectivity index (χ4v) is 1.79. The van der Waals surface area contributed by atoms with E-state index in [1.807, 2.05) is 0 Å². The molecule has 2 N–H and O–H groups in total. The van der Waals surface area contributed by atoms with Crippen LogP contribution in [0, 0.1) is 11.3 Å². The quantitative estimate of drug-likeness (QED) is 0.478. The number of ether oxygens (including phenoxy) is 1. The summed E-state index contributed by atoms with van der Waals surface area (Å²) in [5.74, 6) is -1.60. The fraction of sp³-hybridized carbons (Fsp3) is 0.727. The molecule has 1 aliphatic rings. The maximum atomic E-state index is 11.6. The van der Waals surface area contributed by atoms with Gasteiger partial charge in [0.2, 0.25) is 0 Å². The Bertz CT molecular complexity index is 358. The van der Waals surface area contributed by atoms with Crippen LogP contribution in [0.1, 0.15) is 12.8 Å². The van der Waals surface area contributed by atoms with E-state index in [9.17, 15) is 14.7 Å². The van der Waals surface area contributed by atoms with Crippen LogP contribution in [0.25, 0.3) is 0 Å². The Morgan fingerprint density at radius 2 is 2.11 bits per heavy atom. The van der Waals surface area contributed by atoms with Crippen molar-refractivity contribution in [2.45, 2.75) is 18.4 Å². The molecular weight excluding hydrogens is 238 g/mol. The standard InChI is InChI=1S/C11H17N3O4/c1-14(10(16)9(15)13-5-4-12)8-11(17)2-6-18-7-3-11/h17H,2-3,5-8H2,1H3,(H,13,15). The highest BCUT2D eigenvalue weighted by molar-refractivity contribution is 6.34. The number of aliphatic hydroxyl groups is 1. The molecule has 1 rings (SSSR count). The van der Waals surface area contributed by atoms with E-state index >= 15 is 0 Å². The van der Waals surface area contributed by atoms with Crippen LogP contribution in [0.15, 0.2) is 0 Å². The summed E-state index contributed by atoms with van der Waals surface area (Å²) in [5, 5.41) is 20.6. The van der Waals surface area contributed by atoms with Gasteiger partial charge in [0.05, 0.1) is 11.7 Å². The fourth-order valence-electron chi connectivity index (χ4n) is 1.79. The summed E-state index contributed by atoms with van der Waals surface area (Å²) in [6.07, 6.45) is 0.870. The lowest BCUT2D eigenvalue weighted by molar-refractivity contribution is -0.148. The Labute approximate surface area is 105 Å². The molecule has 0 atom stereocenters. The second-order valence-corrected chi connectivity index (χ2v) is 4.34. The Hall–Kier alpha value is -1.65. The van der Waals surface area contributed by atoms with Crippen molar-refractivity contribution in [1.82, 2.24) is 10.2 Å². The molecule has 0 aromatic heterocycles. The van der Waals surface area contributed by atoms with Crippen LogP contribution in [-0.2, 0) is 14.3 Å². The second-order valence-electron chi connectivity index (χ2n) is 4.34. The number of likely N-dealkylation sites (N-methyl/N-ethyl adjacent to an activating group) is 1. The first kappa shape index (κ1) is 14.4. The Morgan fingerprint density at radius 1 is 1.50 bits per heavy atom. The van der Waals surface area contributed by atoms with E-state index in [4.69, 9.17) is 10.00 Å². The van der Waals surface area contributed by atoms with Gasteiger partial charge in [0.25, 0.3) is 0 Å². The predicted octanol–water partition coefficient (Wildman–Crippen LogP) is -1.37. The topological polar surface area (TPSA) is 103 Å². The summed E-state index contributed by atoms with van der Waals surface area (Å²) < 4.78 is 5.13. The number of hydrogen-bond acceptors (Lipinski definition) is 5. The summed E-state index contributed by atoms with van der Waals surface area (Å²) >= 11 is 0. The summed E-state index contributed by atoms with van der Waals surface area (Å²) in [6.45, 7) is 0.754. The highest BCUT2D eigenvalue weighted by Gasteiger charge is 2.33. The number of nitriles is 1. The van der Waals surface area contributed by atoms with E-state index < -0.39 is 17.4 Å². The molecule has 0 aromatic rings. The number of nitrogens with one attached hydrogen (secondary N) is 1. The molecule has 0 bridgehead atoms. The zero-order valence-electron chi connectivity index (χ0n) is 10.3. The maximum Gasteiger partial charge on any atom is 0.311 e. The molecule has 18 heavy (non-hydrogen) atoms. The zero-order chi connectivity index (χ0) is 13.6. The Kier molecular flexibility index (Phi) is 5.07. The number of rotatable bonds is 3. The molecule has 0 unspecified atom stereocenters. The molecule has 0 radical (unpaired) electrons. The monoisotopic (exact) mass is 255 g/mol. The number of hydrogen-bond donors (Lipinski definition) is 2. The Morgan fingerprint density at radius 3 is 2.67 bits per heavy atom. The first-order chi connectivity index (χ1) is 8.48. The third-order valence-corrected chi connectivity index (χ3v) is 2.82. The van der Waals surface area contributed by atoms with Gasteiger partial charge in [-0.2, -0.15) is 5.26 Å². The maximum absolute atomic E-state index is 11.6. The van der Waals surface area contributed by atoms with Crippen LogP contribution < -0.4 is 5.32 Å². The van der Waals surface area contributed by atoms with Crippen LogP contribution in [0.5, 0.6) is 0 Å². The van der Waals surface area contributed by atoms with Crippen LogP contribution in [-0.4, -0.2) is 60.8 Å². The highest BCUT2D eigenvalue weighted by Crippen LogP contribution is 2.21. The van der Waals surface area contributed by atoms with Crippen molar-refractivity contribution < 1.29 is 19.4 Å². The van der Waals surface area contributed by atoms with Crippen LogP contribution in [0.2, 0.25) is 0 Å². The van der Waals surface area contributed by atoms with E-state index in [1.54, 1.807) is 6.07 Å². The van der Waals surface area contributed by atoms with Crippen molar-refractivity contribution in [1.29, 1.82) is 5.26 Å². The van der Waals surface area contributed by atoms with Crippen LogP contribution >= 0.6 is 0 Å². The summed E-state index contributed by atoms with van der Waals surface area (Å²) in [7, 11) is 1.45. The molecule has 7 nitrogen and oxygen atoms in total. The lowest BCUT2D eigenvalue weighted by Crippen LogP contribution is -2.50. The van der Waals surface area contributed by atoms with E-state index in [0.717, 1.165) is 4.90 Å². The molecule has 0 saturated carbocycles. The number of amides is 2.